The van der Waals surface area contributed by atoms with Gasteiger partial charge in [-0.15, -0.1) is 0 Å². The molecule has 1 N–H and O–H groups in total. The van der Waals surface area contributed by atoms with Crippen molar-refractivity contribution < 1.29 is 18.6 Å². The van der Waals surface area contributed by atoms with Crippen molar-refractivity contribution in [1.82, 2.24) is 10.2 Å². The molecule has 6 heteroatoms. The molecule has 29 heavy (non-hydrogen) atoms. The van der Waals surface area contributed by atoms with E-state index in [9.17, 15) is 4.39 Å². The van der Waals surface area contributed by atoms with Crippen molar-refractivity contribution in [3.05, 3.63) is 29.6 Å². The van der Waals surface area contributed by atoms with E-state index in [1.54, 1.807) is 19.2 Å². The number of halogens is 1. The number of ether oxygens (including phenoxy) is 3. The molecule has 0 bridgehead atoms. The van der Waals surface area contributed by atoms with Crippen LogP contribution < -0.4 is 10.1 Å². The molecule has 3 aliphatic heterocycles. The Morgan fingerprint density at radius 2 is 2.03 bits per heavy atom. The number of benzene rings is 1. The highest BCUT2D eigenvalue weighted by molar-refractivity contribution is 5.37. The minimum atomic E-state index is -0.220. The van der Waals surface area contributed by atoms with Gasteiger partial charge in [0.1, 0.15) is 11.6 Å². The summed E-state index contributed by atoms with van der Waals surface area (Å²) in [6, 6.07) is 5.48. The van der Waals surface area contributed by atoms with Crippen LogP contribution in [0, 0.1) is 5.82 Å². The molecule has 0 aliphatic carbocycles. The van der Waals surface area contributed by atoms with E-state index in [4.69, 9.17) is 14.2 Å². The number of piperidine rings is 1. The van der Waals surface area contributed by atoms with Crippen LogP contribution in [-0.4, -0.2) is 68.6 Å². The van der Waals surface area contributed by atoms with E-state index >= 15 is 0 Å². The molecule has 4 rings (SSSR count). The SMILES string of the molecule is COC(C)(C)CCOc1ccc(F)cc1C1CCN(C2COC3(CNC3)C2)CC1. The molecule has 0 saturated carbocycles. The summed E-state index contributed by atoms with van der Waals surface area (Å²) < 4.78 is 31.6. The normalized spacial score (nSPS) is 25.3. The van der Waals surface area contributed by atoms with Gasteiger partial charge in [-0.1, -0.05) is 0 Å². The number of rotatable bonds is 7. The van der Waals surface area contributed by atoms with Crippen LogP contribution in [0.5, 0.6) is 5.75 Å². The second kappa shape index (κ2) is 8.50. The third-order valence-electron chi connectivity index (χ3n) is 7.06. The van der Waals surface area contributed by atoms with Crippen molar-refractivity contribution in [3.8, 4) is 5.75 Å². The Morgan fingerprint density at radius 1 is 1.28 bits per heavy atom. The Kier molecular flexibility index (Phi) is 6.17. The second-order valence-electron chi connectivity index (χ2n) is 9.51. The van der Waals surface area contributed by atoms with Gasteiger partial charge in [0, 0.05) is 38.2 Å². The number of likely N-dealkylation sites (tertiary alicyclic amines) is 1. The monoisotopic (exact) mass is 406 g/mol. The largest absolute Gasteiger partial charge is 0.493 e. The number of methoxy groups -OCH3 is 1. The van der Waals surface area contributed by atoms with Crippen molar-refractivity contribution in [2.24, 2.45) is 0 Å². The fraction of sp³-hybridized carbons (Fsp3) is 0.739. The molecule has 3 heterocycles. The zero-order chi connectivity index (χ0) is 20.5. The van der Waals surface area contributed by atoms with Gasteiger partial charge in [-0.25, -0.2) is 4.39 Å². The standard InChI is InChI=1S/C23H35FN2O3/c1-22(2,27-3)8-11-28-21-5-4-18(24)12-20(21)17-6-9-26(10-7-17)19-13-23(29-14-19)15-25-16-23/h4-5,12,17,19,25H,6-11,13-16H2,1-3H3. The minimum Gasteiger partial charge on any atom is -0.493 e. The van der Waals surface area contributed by atoms with Gasteiger partial charge >= 0.3 is 0 Å². The van der Waals surface area contributed by atoms with Crippen molar-refractivity contribution in [3.63, 3.8) is 0 Å². The lowest BCUT2D eigenvalue weighted by Crippen LogP contribution is -2.59. The lowest BCUT2D eigenvalue weighted by molar-refractivity contribution is -0.0367. The van der Waals surface area contributed by atoms with Crippen molar-refractivity contribution in [2.45, 2.75) is 62.7 Å². The first-order valence-electron chi connectivity index (χ1n) is 11.0. The summed E-state index contributed by atoms with van der Waals surface area (Å²) >= 11 is 0. The van der Waals surface area contributed by atoms with Gasteiger partial charge in [-0.05, 0) is 70.3 Å². The van der Waals surface area contributed by atoms with Crippen LogP contribution in [0.2, 0.25) is 0 Å². The van der Waals surface area contributed by atoms with E-state index in [1.165, 1.54) is 6.07 Å². The predicted octanol–water partition coefficient (Wildman–Crippen LogP) is 3.33. The molecule has 0 radical (unpaired) electrons. The van der Waals surface area contributed by atoms with Gasteiger partial charge in [-0.2, -0.15) is 0 Å². The third kappa shape index (κ3) is 4.76. The molecule has 3 fully saturated rings. The maximum Gasteiger partial charge on any atom is 0.123 e. The van der Waals surface area contributed by atoms with Gasteiger partial charge in [0.05, 0.1) is 24.4 Å². The molecular weight excluding hydrogens is 371 g/mol. The van der Waals surface area contributed by atoms with E-state index in [0.29, 0.717) is 18.6 Å². The highest BCUT2D eigenvalue weighted by atomic mass is 19.1. The van der Waals surface area contributed by atoms with E-state index < -0.39 is 0 Å². The molecule has 0 aromatic heterocycles. The molecule has 3 aliphatic rings. The van der Waals surface area contributed by atoms with Crippen LogP contribution in [0.1, 0.15) is 51.0 Å². The van der Waals surface area contributed by atoms with Crippen LogP contribution >= 0.6 is 0 Å². The first kappa shape index (κ1) is 21.0. The Labute approximate surface area is 173 Å². The number of hydrogen-bond acceptors (Lipinski definition) is 5. The molecular formula is C23H35FN2O3. The molecule has 0 amide bonds. The molecule has 1 unspecified atom stereocenters. The highest BCUT2D eigenvalue weighted by Gasteiger charge is 2.47. The molecule has 1 aromatic rings. The average Bonchev–Trinajstić information content (AvgIpc) is 3.16. The summed E-state index contributed by atoms with van der Waals surface area (Å²) in [5.74, 6) is 0.977. The van der Waals surface area contributed by atoms with Crippen LogP contribution in [-0.2, 0) is 9.47 Å². The Morgan fingerprint density at radius 3 is 2.66 bits per heavy atom. The topological polar surface area (TPSA) is 43.0 Å². The van der Waals surface area contributed by atoms with Crippen molar-refractivity contribution >= 4 is 0 Å². The van der Waals surface area contributed by atoms with Gasteiger partial charge in [0.25, 0.3) is 0 Å². The Balaban J connectivity index is 1.34. The molecule has 1 aromatic carbocycles. The third-order valence-corrected chi connectivity index (χ3v) is 7.06. The smallest absolute Gasteiger partial charge is 0.123 e. The lowest BCUT2D eigenvalue weighted by atomic mass is 9.86. The van der Waals surface area contributed by atoms with E-state index in [2.05, 4.69) is 10.2 Å². The Bertz CT molecular complexity index is 699. The first-order valence-corrected chi connectivity index (χ1v) is 11.0. The summed E-state index contributed by atoms with van der Waals surface area (Å²) in [4.78, 5) is 2.57. The van der Waals surface area contributed by atoms with Crippen LogP contribution in [0.15, 0.2) is 18.2 Å². The van der Waals surface area contributed by atoms with E-state index in [0.717, 1.165) is 69.8 Å². The van der Waals surface area contributed by atoms with Gasteiger partial charge < -0.3 is 19.5 Å². The van der Waals surface area contributed by atoms with Crippen LogP contribution in [0.25, 0.3) is 0 Å². The fourth-order valence-corrected chi connectivity index (χ4v) is 4.76. The Hall–Kier alpha value is -1.21. The summed E-state index contributed by atoms with van der Waals surface area (Å²) in [5, 5.41) is 3.34. The zero-order valence-electron chi connectivity index (χ0n) is 18.0. The summed E-state index contributed by atoms with van der Waals surface area (Å²) in [6.07, 6.45) is 3.99. The van der Waals surface area contributed by atoms with Crippen molar-refractivity contribution in [1.29, 1.82) is 0 Å². The van der Waals surface area contributed by atoms with E-state index in [1.807, 2.05) is 13.8 Å². The van der Waals surface area contributed by atoms with Gasteiger partial charge in [-0.3, -0.25) is 4.90 Å². The van der Waals surface area contributed by atoms with Crippen molar-refractivity contribution in [2.75, 3.05) is 46.5 Å². The maximum atomic E-state index is 14.0. The number of hydrogen-bond donors (Lipinski definition) is 1. The lowest BCUT2D eigenvalue weighted by Gasteiger charge is -2.40. The average molecular weight is 407 g/mol. The summed E-state index contributed by atoms with van der Waals surface area (Å²) in [5.41, 5.74) is 0.894. The molecule has 5 nitrogen and oxygen atoms in total. The van der Waals surface area contributed by atoms with Crippen LogP contribution in [0.3, 0.4) is 0 Å². The highest BCUT2D eigenvalue weighted by Crippen LogP contribution is 2.38. The molecule has 162 valence electrons. The maximum absolute atomic E-state index is 14.0. The number of nitrogens with zero attached hydrogens (tertiary/aromatic N) is 1. The molecule has 3 saturated heterocycles. The predicted molar refractivity (Wildman–Crippen MR) is 111 cm³/mol. The first-order chi connectivity index (χ1) is 13.9. The fourth-order valence-electron chi connectivity index (χ4n) is 4.76. The second-order valence-corrected chi connectivity index (χ2v) is 9.51. The minimum absolute atomic E-state index is 0.0983. The van der Waals surface area contributed by atoms with Gasteiger partial charge in [0.15, 0.2) is 0 Å². The van der Waals surface area contributed by atoms with E-state index in [-0.39, 0.29) is 17.0 Å². The zero-order valence-corrected chi connectivity index (χ0v) is 18.0. The van der Waals surface area contributed by atoms with Gasteiger partial charge in [0.2, 0.25) is 0 Å². The van der Waals surface area contributed by atoms with Crippen LogP contribution in [0.4, 0.5) is 4.39 Å². The number of nitrogens with one attached hydrogen (secondary N) is 1. The molecule has 1 atom stereocenters. The summed E-state index contributed by atoms with van der Waals surface area (Å²) in [6.45, 7) is 9.56. The quantitative estimate of drug-likeness (QED) is 0.752. The molecule has 1 spiro atoms. The summed E-state index contributed by atoms with van der Waals surface area (Å²) in [7, 11) is 1.72.